The lowest BCUT2D eigenvalue weighted by atomic mass is 9.88. The molecule has 0 rings (SSSR count). The average molecular weight is 485 g/mol. The molecule has 0 radical (unpaired) electrons. The highest BCUT2D eigenvalue weighted by molar-refractivity contribution is 4.78. The zero-order valence-electron chi connectivity index (χ0n) is 22.6. The molecule has 0 aromatic heterocycles. The Bertz CT molecular complexity index is 360. The molecule has 33 heavy (non-hydrogen) atoms. The highest BCUT2D eigenvalue weighted by Crippen LogP contribution is 2.23. The summed E-state index contributed by atoms with van der Waals surface area (Å²) in [5.74, 6) is 0. The predicted molar refractivity (Wildman–Crippen MR) is 128 cm³/mol. The maximum absolute atomic E-state index is 5.24. The molecule has 0 spiro atoms. The van der Waals surface area contributed by atoms with Crippen molar-refractivity contribution in [1.29, 1.82) is 0 Å². The standard InChI is InChI=1S/C12H26O5.C12H26O4/c1-5-6-7-16-17-11-12(8-13-2,9-14-3)10-15-4;1-5-7-8-15-16-11-12(6-2,9-13-3)10-14-4/h5-11H2,1-4H3;5-11H2,1-4H3. The van der Waals surface area contributed by atoms with Crippen molar-refractivity contribution in [1.82, 2.24) is 0 Å². The fraction of sp³-hybridized carbons (Fsp3) is 1.00. The predicted octanol–water partition coefficient (Wildman–Crippen LogP) is 4.08. The second-order valence-corrected chi connectivity index (χ2v) is 8.39. The average Bonchev–Trinajstić information content (AvgIpc) is 2.80. The molecule has 9 heteroatoms. The molecule has 0 saturated heterocycles. The quantitative estimate of drug-likeness (QED) is 0.121. The van der Waals surface area contributed by atoms with Gasteiger partial charge in [0.15, 0.2) is 0 Å². The van der Waals surface area contributed by atoms with Gasteiger partial charge in [-0.3, -0.25) is 0 Å². The summed E-state index contributed by atoms with van der Waals surface area (Å²) < 4.78 is 26.0. The van der Waals surface area contributed by atoms with E-state index in [9.17, 15) is 0 Å². The summed E-state index contributed by atoms with van der Waals surface area (Å²) in [6.45, 7) is 11.3. The maximum atomic E-state index is 5.24. The Morgan fingerprint density at radius 2 is 0.758 bits per heavy atom. The molecule has 0 atom stereocenters. The van der Waals surface area contributed by atoms with Gasteiger partial charge in [0, 0.05) is 41.0 Å². The second-order valence-electron chi connectivity index (χ2n) is 8.39. The monoisotopic (exact) mass is 484 g/mol. The molecule has 0 aliphatic carbocycles. The first kappa shape index (κ1) is 34.8. The number of rotatable bonds is 23. The van der Waals surface area contributed by atoms with Gasteiger partial charge in [-0.1, -0.05) is 33.6 Å². The summed E-state index contributed by atoms with van der Waals surface area (Å²) in [6, 6.07) is 0. The van der Waals surface area contributed by atoms with E-state index >= 15 is 0 Å². The topological polar surface area (TPSA) is 83.1 Å². The van der Waals surface area contributed by atoms with Crippen molar-refractivity contribution in [2.45, 2.75) is 52.9 Å². The van der Waals surface area contributed by atoms with E-state index in [4.69, 9.17) is 43.2 Å². The van der Waals surface area contributed by atoms with Crippen LogP contribution in [0.1, 0.15) is 52.9 Å². The molecule has 9 nitrogen and oxygen atoms in total. The maximum Gasteiger partial charge on any atom is 0.0945 e. The van der Waals surface area contributed by atoms with Crippen molar-refractivity contribution in [2.24, 2.45) is 10.8 Å². The number of ether oxygens (including phenoxy) is 5. The lowest BCUT2D eigenvalue weighted by molar-refractivity contribution is -0.317. The van der Waals surface area contributed by atoms with Gasteiger partial charge >= 0.3 is 0 Å². The first-order valence-corrected chi connectivity index (χ1v) is 11.9. The zero-order chi connectivity index (χ0) is 25.3. The molecule has 0 saturated carbocycles. The fourth-order valence-corrected chi connectivity index (χ4v) is 3.07. The van der Waals surface area contributed by atoms with E-state index in [2.05, 4.69) is 20.8 Å². The summed E-state index contributed by atoms with van der Waals surface area (Å²) in [7, 11) is 8.34. The van der Waals surface area contributed by atoms with Gasteiger partial charge < -0.3 is 23.7 Å². The number of hydrogen-bond acceptors (Lipinski definition) is 9. The minimum atomic E-state index is -0.315. The lowest BCUT2D eigenvalue weighted by Gasteiger charge is -2.30. The Hall–Kier alpha value is -0.360. The number of hydrogen-bond donors (Lipinski definition) is 0. The van der Waals surface area contributed by atoms with E-state index in [1.54, 1.807) is 35.5 Å². The van der Waals surface area contributed by atoms with E-state index in [0.29, 0.717) is 59.5 Å². The fourth-order valence-electron chi connectivity index (χ4n) is 3.07. The Labute approximate surface area is 202 Å². The van der Waals surface area contributed by atoms with Gasteiger partial charge in [0.05, 0.1) is 64.9 Å². The van der Waals surface area contributed by atoms with Crippen LogP contribution >= 0.6 is 0 Å². The Morgan fingerprint density at radius 1 is 0.424 bits per heavy atom. The number of methoxy groups -OCH3 is 5. The molecular weight excluding hydrogens is 432 g/mol. The molecule has 0 N–H and O–H groups in total. The van der Waals surface area contributed by atoms with E-state index in [1.165, 1.54) is 0 Å². The van der Waals surface area contributed by atoms with Gasteiger partial charge in [0.2, 0.25) is 0 Å². The van der Waals surface area contributed by atoms with Crippen LogP contribution in [0.4, 0.5) is 0 Å². The van der Waals surface area contributed by atoms with Crippen LogP contribution in [0.5, 0.6) is 0 Å². The van der Waals surface area contributed by atoms with Crippen molar-refractivity contribution in [3.8, 4) is 0 Å². The smallest absolute Gasteiger partial charge is 0.0945 e. The van der Waals surface area contributed by atoms with Gasteiger partial charge in [-0.05, 0) is 19.3 Å². The van der Waals surface area contributed by atoms with Crippen molar-refractivity contribution in [3.63, 3.8) is 0 Å². The second kappa shape index (κ2) is 24.8. The van der Waals surface area contributed by atoms with Gasteiger partial charge in [-0.25, -0.2) is 19.6 Å². The Morgan fingerprint density at radius 3 is 1.06 bits per heavy atom. The summed E-state index contributed by atoms with van der Waals surface area (Å²) in [4.78, 5) is 20.7. The van der Waals surface area contributed by atoms with Gasteiger partial charge in [0.25, 0.3) is 0 Å². The van der Waals surface area contributed by atoms with Crippen molar-refractivity contribution in [3.05, 3.63) is 0 Å². The van der Waals surface area contributed by atoms with Crippen LogP contribution < -0.4 is 0 Å². The van der Waals surface area contributed by atoms with Crippen molar-refractivity contribution >= 4 is 0 Å². The van der Waals surface area contributed by atoms with Crippen LogP contribution in [0.2, 0.25) is 0 Å². The largest absolute Gasteiger partial charge is 0.384 e. The van der Waals surface area contributed by atoms with Crippen LogP contribution in [-0.4, -0.2) is 95.0 Å². The van der Waals surface area contributed by atoms with E-state index < -0.39 is 0 Å². The van der Waals surface area contributed by atoms with Gasteiger partial charge in [-0.15, -0.1) is 0 Å². The SMILES string of the molecule is CCCCOOCC(CC)(COC)COC.CCCCOOCC(COC)(COC)COC. The summed E-state index contributed by atoms with van der Waals surface area (Å²) in [6.07, 6.45) is 5.15. The van der Waals surface area contributed by atoms with Crippen LogP contribution in [0, 0.1) is 10.8 Å². The lowest BCUT2D eigenvalue weighted by Crippen LogP contribution is -2.40. The summed E-state index contributed by atoms with van der Waals surface area (Å²) >= 11 is 0. The zero-order valence-corrected chi connectivity index (χ0v) is 22.6. The molecule has 0 aliphatic rings. The molecule has 0 amide bonds. The third-order valence-corrected chi connectivity index (χ3v) is 5.06. The molecule has 0 aromatic rings. The number of unbranched alkanes of at least 4 members (excludes halogenated alkanes) is 2. The highest BCUT2D eigenvalue weighted by Gasteiger charge is 2.32. The van der Waals surface area contributed by atoms with E-state index in [1.807, 2.05) is 0 Å². The molecule has 0 heterocycles. The third-order valence-electron chi connectivity index (χ3n) is 5.06. The molecule has 0 fully saturated rings. The van der Waals surface area contributed by atoms with Crippen molar-refractivity contribution < 1.29 is 43.2 Å². The molecule has 0 aromatic carbocycles. The molecular formula is C24H52O9. The Kier molecular flexibility index (Phi) is 26.1. The first-order chi connectivity index (χ1) is 16.0. The Balaban J connectivity index is 0. The molecule has 0 aliphatic heterocycles. The molecule has 0 unspecified atom stereocenters. The van der Waals surface area contributed by atoms with Gasteiger partial charge in [0.1, 0.15) is 0 Å². The van der Waals surface area contributed by atoms with E-state index in [0.717, 1.165) is 32.1 Å². The first-order valence-electron chi connectivity index (χ1n) is 11.9. The summed E-state index contributed by atoms with van der Waals surface area (Å²) in [5, 5.41) is 0. The van der Waals surface area contributed by atoms with Crippen LogP contribution in [-0.2, 0) is 43.2 Å². The van der Waals surface area contributed by atoms with Crippen LogP contribution in [0.15, 0.2) is 0 Å². The van der Waals surface area contributed by atoms with E-state index in [-0.39, 0.29) is 10.8 Å². The summed E-state index contributed by atoms with van der Waals surface area (Å²) in [5.41, 5.74) is -0.416. The normalized spacial score (nSPS) is 12.0. The molecule has 202 valence electrons. The molecule has 0 bridgehead atoms. The highest BCUT2D eigenvalue weighted by atomic mass is 17.2. The van der Waals surface area contributed by atoms with Crippen LogP contribution in [0.25, 0.3) is 0 Å². The third kappa shape index (κ3) is 18.6. The minimum Gasteiger partial charge on any atom is -0.384 e. The van der Waals surface area contributed by atoms with Crippen molar-refractivity contribution in [2.75, 3.05) is 95.0 Å². The van der Waals surface area contributed by atoms with Gasteiger partial charge in [-0.2, -0.15) is 0 Å². The minimum absolute atomic E-state index is 0.101. The van der Waals surface area contributed by atoms with Crippen LogP contribution in [0.3, 0.4) is 0 Å².